The molecule has 1 aliphatic heterocycles. The van der Waals surface area contributed by atoms with Crippen molar-refractivity contribution < 1.29 is 43.9 Å². The number of phenols is 1. The number of esters is 1. The number of aryl methyl sites for hydroxylation is 1. The van der Waals surface area contributed by atoms with E-state index in [1.165, 1.54) is 26.4 Å². The molecule has 1 aliphatic rings. The molecule has 0 bridgehead atoms. The van der Waals surface area contributed by atoms with Crippen molar-refractivity contribution in [3.8, 4) is 11.5 Å². The number of fused-ring (bicyclic) bond motifs is 1. The summed E-state index contributed by atoms with van der Waals surface area (Å²) in [5.74, 6) is -1.40. The second kappa shape index (κ2) is 11.1. The maximum Gasteiger partial charge on any atom is 0.342 e. The number of aliphatic hydroxyl groups excluding tert-OH is 2. The molecule has 30 heavy (non-hydrogen) atoms. The predicted octanol–water partition coefficient (Wildman–Crippen LogP) is 1.12. The van der Waals surface area contributed by atoms with Gasteiger partial charge in [0.1, 0.15) is 42.2 Å². The first-order chi connectivity index (χ1) is 14.3. The van der Waals surface area contributed by atoms with Gasteiger partial charge in [-0.3, -0.25) is 4.79 Å². The number of cyclic esters (lactones) is 1. The summed E-state index contributed by atoms with van der Waals surface area (Å²) in [5.41, 5.74) is 0.444. The zero-order chi connectivity index (χ0) is 22.3. The molecule has 3 N–H and O–H groups in total. The number of benzene rings is 1. The second-order valence-corrected chi connectivity index (χ2v) is 6.99. The smallest absolute Gasteiger partial charge is 0.342 e. The van der Waals surface area contributed by atoms with Crippen molar-refractivity contribution in [2.75, 3.05) is 21.0 Å². The molecular weight excluding hydrogens is 396 g/mol. The van der Waals surface area contributed by atoms with Gasteiger partial charge in [-0.05, 0) is 50.0 Å². The van der Waals surface area contributed by atoms with Gasteiger partial charge in [0.25, 0.3) is 0 Å². The maximum atomic E-state index is 12.8. The van der Waals surface area contributed by atoms with Gasteiger partial charge in [0, 0.05) is 13.2 Å². The lowest BCUT2D eigenvalue weighted by atomic mass is 9.96. The fourth-order valence-corrected chi connectivity index (χ4v) is 3.13. The van der Waals surface area contributed by atoms with E-state index in [9.17, 15) is 24.9 Å². The molecular formula is C21H28O9. The van der Waals surface area contributed by atoms with E-state index < -0.39 is 36.2 Å². The van der Waals surface area contributed by atoms with Gasteiger partial charge in [0.05, 0.1) is 13.2 Å². The van der Waals surface area contributed by atoms with Crippen LogP contribution in [0.1, 0.15) is 35.7 Å². The van der Waals surface area contributed by atoms with Crippen LogP contribution in [0.2, 0.25) is 0 Å². The van der Waals surface area contributed by atoms with Gasteiger partial charge in [-0.25, -0.2) is 4.79 Å². The van der Waals surface area contributed by atoms with E-state index in [4.69, 9.17) is 18.9 Å². The molecule has 1 aromatic carbocycles. The lowest BCUT2D eigenvalue weighted by Crippen LogP contribution is -2.34. The van der Waals surface area contributed by atoms with E-state index in [0.29, 0.717) is 17.7 Å². The third kappa shape index (κ3) is 6.02. The highest BCUT2D eigenvalue weighted by molar-refractivity contribution is 5.95. The number of hydrogen-bond acceptors (Lipinski definition) is 9. The van der Waals surface area contributed by atoms with E-state index in [0.717, 1.165) is 6.08 Å². The molecule has 1 aromatic rings. The number of ether oxygens (including phenoxy) is 4. The van der Waals surface area contributed by atoms with E-state index in [1.54, 1.807) is 13.0 Å². The number of aromatic hydroxyl groups is 1. The van der Waals surface area contributed by atoms with Crippen molar-refractivity contribution >= 4 is 11.8 Å². The second-order valence-electron chi connectivity index (χ2n) is 6.99. The summed E-state index contributed by atoms with van der Waals surface area (Å²) in [5, 5.41) is 30.6. The minimum atomic E-state index is -1.59. The number of hydrogen-bond donors (Lipinski definition) is 3. The number of ketones is 1. The van der Waals surface area contributed by atoms with Gasteiger partial charge >= 0.3 is 5.97 Å². The van der Waals surface area contributed by atoms with Crippen LogP contribution in [0.15, 0.2) is 24.3 Å². The first kappa shape index (κ1) is 23.8. The Balaban J connectivity index is 2.43. The molecule has 0 aromatic heterocycles. The Morgan fingerprint density at radius 3 is 2.60 bits per heavy atom. The van der Waals surface area contributed by atoms with Gasteiger partial charge in [0.15, 0.2) is 5.78 Å². The third-order valence-electron chi connectivity index (χ3n) is 4.80. The molecule has 2 rings (SSSR count). The van der Waals surface area contributed by atoms with Crippen LogP contribution in [-0.4, -0.2) is 72.5 Å². The Kier molecular flexibility index (Phi) is 8.79. The molecule has 0 unspecified atom stereocenters. The lowest BCUT2D eigenvalue weighted by molar-refractivity contribution is -0.128. The molecule has 0 saturated carbocycles. The molecule has 4 atom stereocenters. The molecule has 0 amide bonds. The topological polar surface area (TPSA) is 132 Å². The van der Waals surface area contributed by atoms with Gasteiger partial charge in [-0.2, -0.15) is 0 Å². The largest absolute Gasteiger partial charge is 0.507 e. The van der Waals surface area contributed by atoms with Crippen LogP contribution in [0.25, 0.3) is 0 Å². The SMILES string of the molecule is COCO[C@@H]1/C=C\C(=O)[C@@H](O)[C@@H](O)CCCc2cc(OC)cc(O)c2C(=O)O[C@H]1C. The number of aliphatic hydroxyl groups is 2. The molecule has 0 saturated heterocycles. The summed E-state index contributed by atoms with van der Waals surface area (Å²) in [7, 11) is 2.84. The monoisotopic (exact) mass is 424 g/mol. The van der Waals surface area contributed by atoms with Gasteiger partial charge in [-0.1, -0.05) is 0 Å². The maximum absolute atomic E-state index is 12.8. The molecule has 0 radical (unpaired) electrons. The summed E-state index contributed by atoms with van der Waals surface area (Å²) in [6, 6.07) is 2.91. The van der Waals surface area contributed by atoms with Crippen molar-refractivity contribution in [1.29, 1.82) is 0 Å². The van der Waals surface area contributed by atoms with E-state index in [-0.39, 0.29) is 30.9 Å². The van der Waals surface area contributed by atoms with Crippen LogP contribution in [0.3, 0.4) is 0 Å². The number of methoxy groups -OCH3 is 2. The standard InChI is InChI=1S/C21H28O9/c1-12-18(29-11-27-2)8-7-16(23)20(25)15(22)6-4-5-13-9-14(28-3)10-17(24)19(13)21(26)30-12/h7-10,12,15,18,20,22,24-25H,4-6,11H2,1-3H3/b8-7-/t12-,15-,18+,20-/m0/s1. The van der Waals surface area contributed by atoms with E-state index >= 15 is 0 Å². The first-order valence-corrected chi connectivity index (χ1v) is 9.58. The van der Waals surface area contributed by atoms with Crippen LogP contribution < -0.4 is 4.74 Å². The number of carbonyl (C=O) groups is 2. The average Bonchev–Trinajstić information content (AvgIpc) is 2.71. The van der Waals surface area contributed by atoms with E-state index in [1.807, 2.05) is 0 Å². The Hall–Kier alpha value is -2.46. The number of carbonyl (C=O) groups excluding carboxylic acids is 2. The van der Waals surface area contributed by atoms with Crippen LogP contribution in [-0.2, 0) is 25.4 Å². The van der Waals surface area contributed by atoms with Gasteiger partial charge in [-0.15, -0.1) is 0 Å². The van der Waals surface area contributed by atoms with Crippen molar-refractivity contribution in [3.05, 3.63) is 35.4 Å². The summed E-state index contributed by atoms with van der Waals surface area (Å²) in [6.07, 6.45) is -1.45. The Morgan fingerprint density at radius 1 is 1.20 bits per heavy atom. The molecule has 9 heteroatoms. The van der Waals surface area contributed by atoms with E-state index in [2.05, 4.69) is 0 Å². The fourth-order valence-electron chi connectivity index (χ4n) is 3.13. The number of rotatable bonds is 4. The zero-order valence-electron chi connectivity index (χ0n) is 17.2. The minimum absolute atomic E-state index is 0.0136. The van der Waals surface area contributed by atoms with Gasteiger partial charge < -0.3 is 34.3 Å². The highest BCUT2D eigenvalue weighted by Crippen LogP contribution is 2.30. The summed E-state index contributed by atoms with van der Waals surface area (Å²) >= 11 is 0. The first-order valence-electron chi connectivity index (χ1n) is 9.58. The molecule has 9 nitrogen and oxygen atoms in total. The summed E-state index contributed by atoms with van der Waals surface area (Å²) in [6.45, 7) is 1.43. The normalized spacial score (nSPS) is 27.0. The zero-order valence-corrected chi connectivity index (χ0v) is 17.2. The average molecular weight is 424 g/mol. The Bertz CT molecular complexity index is 774. The fraction of sp³-hybridized carbons (Fsp3) is 0.524. The highest BCUT2D eigenvalue weighted by atomic mass is 16.7. The van der Waals surface area contributed by atoms with Crippen LogP contribution in [0.4, 0.5) is 0 Å². The Morgan fingerprint density at radius 2 is 1.93 bits per heavy atom. The molecule has 0 aliphatic carbocycles. The molecule has 0 spiro atoms. The quantitative estimate of drug-likeness (QED) is 0.480. The van der Waals surface area contributed by atoms with Crippen LogP contribution in [0, 0.1) is 0 Å². The number of phenolic OH excluding ortho intramolecular Hbond substituents is 1. The van der Waals surface area contributed by atoms with Crippen molar-refractivity contribution in [2.24, 2.45) is 0 Å². The predicted molar refractivity (Wildman–Crippen MR) is 105 cm³/mol. The van der Waals surface area contributed by atoms with Crippen LogP contribution in [0.5, 0.6) is 11.5 Å². The van der Waals surface area contributed by atoms with Crippen molar-refractivity contribution in [1.82, 2.24) is 0 Å². The van der Waals surface area contributed by atoms with Crippen LogP contribution >= 0.6 is 0 Å². The third-order valence-corrected chi connectivity index (χ3v) is 4.80. The van der Waals surface area contributed by atoms with Crippen molar-refractivity contribution in [2.45, 2.75) is 50.6 Å². The highest BCUT2D eigenvalue weighted by Gasteiger charge is 2.28. The minimum Gasteiger partial charge on any atom is -0.507 e. The Labute approximate surface area is 174 Å². The molecule has 1 heterocycles. The summed E-state index contributed by atoms with van der Waals surface area (Å²) < 4.78 is 20.9. The van der Waals surface area contributed by atoms with Gasteiger partial charge in [0.2, 0.25) is 0 Å². The van der Waals surface area contributed by atoms with Crippen molar-refractivity contribution in [3.63, 3.8) is 0 Å². The lowest BCUT2D eigenvalue weighted by Gasteiger charge is -2.23. The molecule has 0 fully saturated rings. The molecule has 166 valence electrons. The summed E-state index contributed by atoms with van der Waals surface area (Å²) in [4.78, 5) is 25.0.